The van der Waals surface area contributed by atoms with Crippen LogP contribution < -0.4 is 5.73 Å². The fraction of sp³-hybridized carbons (Fsp3) is 0.538. The van der Waals surface area contributed by atoms with Crippen molar-refractivity contribution in [2.45, 2.75) is 36.7 Å². The summed E-state index contributed by atoms with van der Waals surface area (Å²) in [6.45, 7) is 8.88. The summed E-state index contributed by atoms with van der Waals surface area (Å²) >= 11 is 1.75. The molecule has 0 fully saturated rings. The zero-order chi connectivity index (χ0) is 12.8. The predicted molar refractivity (Wildman–Crippen MR) is 74.4 cm³/mol. The minimum atomic E-state index is -0.190. The molecular formula is C13H22N2OS. The lowest BCUT2D eigenvalue weighted by atomic mass is 10.3. The van der Waals surface area contributed by atoms with Crippen LogP contribution in [0, 0.1) is 0 Å². The van der Waals surface area contributed by atoms with Gasteiger partial charge in [0.2, 0.25) is 0 Å². The zero-order valence-electron chi connectivity index (χ0n) is 10.8. The van der Waals surface area contributed by atoms with Crippen LogP contribution in [0.3, 0.4) is 0 Å². The molecule has 2 heterocycles. The number of rotatable bonds is 4. The number of aliphatic hydroxyl groups is 1. The normalized spacial score (nSPS) is 13.7. The van der Waals surface area contributed by atoms with Gasteiger partial charge >= 0.3 is 0 Å². The number of anilines is 1. The summed E-state index contributed by atoms with van der Waals surface area (Å²) in [5, 5.41) is 8.94. The maximum Gasteiger partial charge on any atom is 0.0639 e. The van der Waals surface area contributed by atoms with Gasteiger partial charge in [0, 0.05) is 16.3 Å². The van der Waals surface area contributed by atoms with E-state index in [1.165, 1.54) is 9.79 Å². The average Bonchev–Trinajstić information content (AvgIpc) is 2.36. The van der Waals surface area contributed by atoms with Crippen LogP contribution in [-0.4, -0.2) is 35.7 Å². The van der Waals surface area contributed by atoms with E-state index < -0.39 is 0 Å². The molecule has 1 aromatic rings. The van der Waals surface area contributed by atoms with Gasteiger partial charge in [0.25, 0.3) is 0 Å². The van der Waals surface area contributed by atoms with Crippen molar-refractivity contribution in [1.29, 1.82) is 0 Å². The first-order valence-corrected chi connectivity index (χ1v) is 6.86. The van der Waals surface area contributed by atoms with Crippen molar-refractivity contribution in [3.05, 3.63) is 18.2 Å². The number of likely N-dealkylation sites (N-methyl/N-ethyl adjacent to an activating group) is 1. The van der Waals surface area contributed by atoms with Crippen molar-refractivity contribution in [2.75, 3.05) is 25.4 Å². The standard InChI is InChI=1S/C7H17NO.C6H5NS/c1-4-8(5-2)6-7(3)9;7-6-4-2-1-3-5(6)8-4/h7,9H,4-6H2,1-3H3;1-3H,7H2. The summed E-state index contributed by atoms with van der Waals surface area (Å²) < 4.78 is 0. The van der Waals surface area contributed by atoms with Crippen LogP contribution >= 0.6 is 11.8 Å². The van der Waals surface area contributed by atoms with Crippen molar-refractivity contribution >= 4 is 17.4 Å². The number of benzene rings is 1. The average molecular weight is 254 g/mol. The van der Waals surface area contributed by atoms with E-state index in [1.807, 2.05) is 25.1 Å². The number of nitrogens with two attached hydrogens (primary N) is 1. The second-order valence-electron chi connectivity index (χ2n) is 4.10. The summed E-state index contributed by atoms with van der Waals surface area (Å²) in [5.41, 5.74) is 6.54. The molecule has 0 saturated carbocycles. The van der Waals surface area contributed by atoms with E-state index in [0.29, 0.717) is 0 Å². The van der Waals surface area contributed by atoms with Crippen LogP contribution in [0.25, 0.3) is 0 Å². The molecule has 3 N–H and O–H groups in total. The second kappa shape index (κ2) is 6.89. The molecule has 3 rings (SSSR count). The van der Waals surface area contributed by atoms with E-state index in [9.17, 15) is 0 Å². The van der Waals surface area contributed by atoms with Crippen LogP contribution in [0.4, 0.5) is 5.69 Å². The highest BCUT2D eigenvalue weighted by Crippen LogP contribution is 2.46. The van der Waals surface area contributed by atoms with Crippen molar-refractivity contribution < 1.29 is 5.11 Å². The van der Waals surface area contributed by atoms with Crippen LogP contribution in [0.1, 0.15) is 20.8 Å². The Morgan fingerprint density at radius 3 is 2.00 bits per heavy atom. The highest BCUT2D eigenvalue weighted by atomic mass is 32.2. The number of aliphatic hydroxyl groups excluding tert-OH is 1. The third kappa shape index (κ3) is 4.22. The topological polar surface area (TPSA) is 49.5 Å². The van der Waals surface area contributed by atoms with Gasteiger partial charge in [-0.1, -0.05) is 31.7 Å². The first-order chi connectivity index (χ1) is 8.08. The summed E-state index contributed by atoms with van der Waals surface area (Å²) in [5.74, 6) is 0. The minimum Gasteiger partial charge on any atom is -0.397 e. The first-order valence-electron chi connectivity index (χ1n) is 6.05. The lowest BCUT2D eigenvalue weighted by molar-refractivity contribution is 0.133. The van der Waals surface area contributed by atoms with Gasteiger partial charge in [0.1, 0.15) is 0 Å². The molecule has 0 aliphatic carbocycles. The monoisotopic (exact) mass is 254 g/mol. The molecule has 1 unspecified atom stereocenters. The van der Waals surface area contributed by atoms with E-state index in [0.717, 1.165) is 25.3 Å². The maximum absolute atomic E-state index is 8.94. The molecule has 0 aromatic heterocycles. The Balaban J connectivity index is 0.000000170. The summed E-state index contributed by atoms with van der Waals surface area (Å²) in [6.07, 6.45) is -0.190. The van der Waals surface area contributed by atoms with Crippen LogP contribution in [0.2, 0.25) is 0 Å². The largest absolute Gasteiger partial charge is 0.397 e. The van der Waals surface area contributed by atoms with Crippen molar-refractivity contribution in [3.63, 3.8) is 0 Å². The van der Waals surface area contributed by atoms with Crippen molar-refractivity contribution in [1.82, 2.24) is 4.90 Å². The fourth-order valence-electron chi connectivity index (χ4n) is 1.63. The van der Waals surface area contributed by atoms with E-state index in [-0.39, 0.29) is 6.10 Å². The van der Waals surface area contributed by atoms with Gasteiger partial charge in [-0.05, 0) is 32.1 Å². The Morgan fingerprint density at radius 2 is 1.82 bits per heavy atom. The molecule has 2 aliphatic rings. The molecule has 0 spiro atoms. The number of hydrogen-bond acceptors (Lipinski definition) is 4. The SMILES string of the molecule is CCN(CC)CC(C)O.Nc1c2cccc1S2. The van der Waals surface area contributed by atoms with Crippen LogP contribution in [0.15, 0.2) is 28.0 Å². The molecular weight excluding hydrogens is 232 g/mol. The Kier molecular flexibility index (Phi) is 5.82. The molecule has 2 bridgehead atoms. The molecule has 1 atom stereocenters. The quantitative estimate of drug-likeness (QED) is 0.823. The molecule has 3 nitrogen and oxygen atoms in total. The summed E-state index contributed by atoms with van der Waals surface area (Å²) in [7, 11) is 0. The van der Waals surface area contributed by atoms with Gasteiger partial charge in [0.05, 0.1) is 11.8 Å². The second-order valence-corrected chi connectivity index (χ2v) is 5.19. The lowest BCUT2D eigenvalue weighted by Gasteiger charge is -2.18. The van der Waals surface area contributed by atoms with Crippen LogP contribution in [-0.2, 0) is 0 Å². The molecule has 96 valence electrons. The van der Waals surface area contributed by atoms with Crippen molar-refractivity contribution in [3.8, 4) is 0 Å². The van der Waals surface area contributed by atoms with Gasteiger partial charge in [-0.15, -0.1) is 0 Å². The highest BCUT2D eigenvalue weighted by molar-refractivity contribution is 8.01. The number of para-hydroxylation sites is 1. The predicted octanol–water partition coefficient (Wildman–Crippen LogP) is 2.44. The molecule has 1 aromatic carbocycles. The molecule has 0 radical (unpaired) electrons. The Labute approximate surface area is 108 Å². The molecule has 0 amide bonds. The number of nitrogens with zero attached hydrogens (tertiary/aromatic N) is 1. The fourth-order valence-corrected chi connectivity index (χ4v) is 2.45. The highest BCUT2D eigenvalue weighted by Gasteiger charge is 2.15. The van der Waals surface area contributed by atoms with Crippen LogP contribution in [0.5, 0.6) is 0 Å². The van der Waals surface area contributed by atoms with E-state index >= 15 is 0 Å². The third-order valence-corrected chi connectivity index (χ3v) is 3.81. The lowest BCUT2D eigenvalue weighted by Crippen LogP contribution is -2.30. The van der Waals surface area contributed by atoms with Gasteiger partial charge in [-0.3, -0.25) is 0 Å². The molecule has 17 heavy (non-hydrogen) atoms. The van der Waals surface area contributed by atoms with Crippen molar-refractivity contribution in [2.24, 2.45) is 0 Å². The summed E-state index contributed by atoms with van der Waals surface area (Å²) in [4.78, 5) is 4.65. The Hall–Kier alpha value is -0.710. The summed E-state index contributed by atoms with van der Waals surface area (Å²) in [6, 6.07) is 6.09. The smallest absolute Gasteiger partial charge is 0.0639 e. The molecule has 2 aliphatic heterocycles. The first kappa shape index (κ1) is 14.4. The van der Waals surface area contributed by atoms with Gasteiger partial charge in [-0.2, -0.15) is 0 Å². The van der Waals surface area contributed by atoms with E-state index in [1.54, 1.807) is 11.8 Å². The number of hydrogen-bond donors (Lipinski definition) is 2. The number of fused-ring (bicyclic) bond motifs is 2. The van der Waals surface area contributed by atoms with E-state index in [2.05, 4.69) is 18.7 Å². The molecule has 4 heteroatoms. The Morgan fingerprint density at radius 1 is 1.29 bits per heavy atom. The van der Waals surface area contributed by atoms with Gasteiger partial charge in [0.15, 0.2) is 0 Å². The Bertz CT molecular complexity index is 331. The van der Waals surface area contributed by atoms with E-state index in [4.69, 9.17) is 10.8 Å². The third-order valence-electron chi connectivity index (χ3n) is 2.66. The number of nitrogen functional groups attached to an aromatic ring is 1. The van der Waals surface area contributed by atoms with Gasteiger partial charge < -0.3 is 15.7 Å². The zero-order valence-corrected chi connectivity index (χ0v) is 11.6. The molecule has 0 saturated heterocycles. The minimum absolute atomic E-state index is 0.190. The van der Waals surface area contributed by atoms with Gasteiger partial charge in [-0.25, -0.2) is 0 Å². The maximum atomic E-state index is 8.94.